The van der Waals surface area contributed by atoms with Gasteiger partial charge in [-0.25, -0.2) is 21.6 Å². The van der Waals surface area contributed by atoms with Gasteiger partial charge in [0, 0.05) is 41.3 Å². The van der Waals surface area contributed by atoms with E-state index < -0.39 is 26.0 Å². The summed E-state index contributed by atoms with van der Waals surface area (Å²) < 4.78 is 64.4. The van der Waals surface area contributed by atoms with E-state index in [1.165, 1.54) is 28.6 Å². The van der Waals surface area contributed by atoms with Crippen LogP contribution in [0.4, 0.5) is 0 Å². The zero-order valence-corrected chi connectivity index (χ0v) is 28.2. The van der Waals surface area contributed by atoms with E-state index in [9.17, 15) is 21.6 Å². The zero-order valence-electron chi connectivity index (χ0n) is 25.8. The first-order chi connectivity index (χ1) is 21.3. The number of nitrogens with one attached hydrogen (secondary N) is 1. The lowest BCUT2D eigenvalue weighted by Crippen LogP contribution is -2.39. The third-order valence-corrected chi connectivity index (χ3v) is 12.1. The Kier molecular flexibility index (Phi) is 9.65. The van der Waals surface area contributed by atoms with Crippen LogP contribution in [0.3, 0.4) is 0 Å². The Hall–Kier alpha value is -3.38. The highest BCUT2D eigenvalue weighted by atomic mass is 35.5. The number of nitrogens with zero attached hydrogens (tertiary/aromatic N) is 2. The van der Waals surface area contributed by atoms with Crippen molar-refractivity contribution >= 4 is 48.5 Å². The number of benzene rings is 3. The minimum Gasteiger partial charge on any atom is -0.494 e. The van der Waals surface area contributed by atoms with Gasteiger partial charge in [0.1, 0.15) is 5.75 Å². The summed E-state index contributed by atoms with van der Waals surface area (Å²) in [6, 6.07) is 16.1. The second-order valence-corrected chi connectivity index (χ2v) is 15.7. The number of amides is 1. The summed E-state index contributed by atoms with van der Waals surface area (Å²) in [4.78, 5) is 13.3. The number of piperidine rings is 1. The molecule has 45 heavy (non-hydrogen) atoms. The topological polar surface area (TPSA) is 115 Å². The maximum absolute atomic E-state index is 13.5. The molecular formula is C33H38ClN3O6S2. The molecule has 9 nitrogen and oxygen atoms in total. The molecular weight excluding hydrogens is 634 g/mol. The maximum atomic E-state index is 13.5. The maximum Gasteiger partial charge on any atom is 0.267 e. The molecule has 2 heterocycles. The zero-order chi connectivity index (χ0) is 32.5. The fourth-order valence-electron chi connectivity index (χ4n) is 5.94. The molecule has 0 radical (unpaired) electrons. The molecule has 0 aliphatic carbocycles. The summed E-state index contributed by atoms with van der Waals surface area (Å²) in [5.74, 6) is 0.236. The Balaban J connectivity index is 1.31. The van der Waals surface area contributed by atoms with Gasteiger partial charge in [-0.15, -0.1) is 0 Å². The van der Waals surface area contributed by atoms with Gasteiger partial charge in [0.15, 0.2) is 0 Å². The van der Waals surface area contributed by atoms with E-state index in [1.54, 1.807) is 19.1 Å². The van der Waals surface area contributed by atoms with Crippen LogP contribution in [0.5, 0.6) is 5.75 Å². The molecule has 1 aliphatic rings. The van der Waals surface area contributed by atoms with Gasteiger partial charge in [-0.3, -0.25) is 4.79 Å². The van der Waals surface area contributed by atoms with Gasteiger partial charge >= 0.3 is 0 Å². The number of hydrogen-bond acceptors (Lipinski definition) is 6. The summed E-state index contributed by atoms with van der Waals surface area (Å²) in [7, 11) is -8.04. The van der Waals surface area contributed by atoms with E-state index in [-0.39, 0.29) is 21.3 Å². The van der Waals surface area contributed by atoms with Crippen LogP contribution in [0, 0.1) is 26.7 Å². The third kappa shape index (κ3) is 6.91. The Morgan fingerprint density at radius 1 is 0.978 bits per heavy atom. The predicted octanol–water partition coefficient (Wildman–Crippen LogP) is 6.23. The molecule has 1 aromatic heterocycles. The van der Waals surface area contributed by atoms with Crippen molar-refractivity contribution in [3.05, 3.63) is 88.1 Å². The number of fused-ring (bicyclic) bond motifs is 1. The number of carbonyl (C=O) groups excluding carboxylic acids is 1. The fraction of sp³-hybridized carbons (Fsp3) is 0.364. The number of hydrogen-bond donors (Lipinski definition) is 1. The highest BCUT2D eigenvalue weighted by Crippen LogP contribution is 2.29. The first-order valence-electron chi connectivity index (χ1n) is 14.9. The van der Waals surface area contributed by atoms with Gasteiger partial charge in [0.05, 0.1) is 22.0 Å². The van der Waals surface area contributed by atoms with Crippen molar-refractivity contribution in [2.75, 3.05) is 19.7 Å². The normalized spacial score (nSPS) is 16.2. The second-order valence-electron chi connectivity index (χ2n) is 11.7. The Morgan fingerprint density at radius 2 is 1.62 bits per heavy atom. The molecule has 0 spiro atoms. The number of aryl methyl sites for hydroxylation is 3. The van der Waals surface area contributed by atoms with Gasteiger partial charge in [-0.2, -0.15) is 4.31 Å². The first-order valence-corrected chi connectivity index (χ1v) is 18.2. The van der Waals surface area contributed by atoms with E-state index in [0.29, 0.717) is 43.7 Å². The number of halogens is 1. The lowest BCUT2D eigenvalue weighted by molar-refractivity contribution is 0.0982. The van der Waals surface area contributed by atoms with Crippen LogP contribution < -0.4 is 9.46 Å². The van der Waals surface area contributed by atoms with E-state index in [2.05, 4.69) is 4.72 Å². The molecule has 5 rings (SSSR count). The number of carbonyl (C=O) groups is 1. The SMILES string of the molecule is Cc1cc(OCCCn2c(C)c(C(=O)NS(=O)(=O)c3ccc(S(=O)(=O)N4CCC[C@@H](C)C4)cc3)c3ccccc32)cc(C)c1Cl. The molecule has 1 amide bonds. The van der Waals surface area contributed by atoms with Gasteiger partial charge in [-0.1, -0.05) is 36.7 Å². The predicted molar refractivity (Wildman–Crippen MR) is 176 cm³/mol. The fourth-order valence-corrected chi connectivity index (χ4v) is 8.61. The molecule has 1 aliphatic heterocycles. The van der Waals surface area contributed by atoms with Crippen molar-refractivity contribution in [2.24, 2.45) is 5.92 Å². The van der Waals surface area contributed by atoms with Crippen LogP contribution in [0.2, 0.25) is 5.02 Å². The minimum atomic E-state index is -4.29. The summed E-state index contributed by atoms with van der Waals surface area (Å²) in [5, 5.41) is 1.35. The smallest absolute Gasteiger partial charge is 0.267 e. The average Bonchev–Trinajstić information content (AvgIpc) is 3.28. The van der Waals surface area contributed by atoms with E-state index in [0.717, 1.165) is 40.3 Å². The standard InChI is InChI=1S/C33H38ClN3O6S2/c1-22-9-7-16-36(21-22)45(41,42)28-14-12-27(13-15-28)44(39,40)35-33(38)31-25(4)37(30-11-6-5-10-29(30)31)17-8-18-43-26-19-23(2)32(34)24(3)20-26/h5-6,10-15,19-20,22H,7-9,16-18,21H2,1-4H3,(H,35,38)/t22-/m1/s1. The third-order valence-electron chi connectivity index (χ3n) is 8.28. The summed E-state index contributed by atoms with van der Waals surface area (Å²) in [6.07, 6.45) is 2.40. The Morgan fingerprint density at radius 3 is 2.29 bits per heavy atom. The molecule has 12 heteroatoms. The highest BCUT2D eigenvalue weighted by molar-refractivity contribution is 7.90. The highest BCUT2D eigenvalue weighted by Gasteiger charge is 2.30. The van der Waals surface area contributed by atoms with Gasteiger partial charge in [-0.05, 0) is 99.5 Å². The number of sulfonamides is 2. The number of para-hydroxylation sites is 1. The van der Waals surface area contributed by atoms with Crippen LogP contribution in [-0.4, -0.2) is 51.3 Å². The number of ether oxygens (including phenoxy) is 1. The largest absolute Gasteiger partial charge is 0.494 e. The van der Waals surface area contributed by atoms with Crippen LogP contribution >= 0.6 is 11.6 Å². The molecule has 0 saturated carbocycles. The van der Waals surface area contributed by atoms with Crippen LogP contribution in [0.25, 0.3) is 10.9 Å². The lowest BCUT2D eigenvalue weighted by atomic mass is 10.0. The molecule has 0 bridgehead atoms. The van der Waals surface area contributed by atoms with Crippen molar-refractivity contribution in [1.82, 2.24) is 13.6 Å². The van der Waals surface area contributed by atoms with E-state index >= 15 is 0 Å². The average molecular weight is 672 g/mol. The molecule has 3 aromatic carbocycles. The van der Waals surface area contributed by atoms with Crippen molar-refractivity contribution < 1.29 is 26.4 Å². The van der Waals surface area contributed by atoms with Crippen molar-refractivity contribution in [3.63, 3.8) is 0 Å². The molecule has 1 N–H and O–H groups in total. The molecule has 240 valence electrons. The van der Waals surface area contributed by atoms with E-state index in [4.69, 9.17) is 16.3 Å². The monoisotopic (exact) mass is 671 g/mol. The summed E-state index contributed by atoms with van der Waals surface area (Å²) in [5.41, 5.74) is 3.57. The van der Waals surface area contributed by atoms with Gasteiger partial charge in [0.25, 0.3) is 15.9 Å². The van der Waals surface area contributed by atoms with Gasteiger partial charge in [0.2, 0.25) is 10.0 Å². The minimum absolute atomic E-state index is 0.0195. The first kappa shape index (κ1) is 33.0. The van der Waals surface area contributed by atoms with Crippen LogP contribution in [0.1, 0.15) is 53.4 Å². The van der Waals surface area contributed by atoms with Crippen molar-refractivity contribution in [1.29, 1.82) is 0 Å². The second kappa shape index (κ2) is 13.2. The van der Waals surface area contributed by atoms with Crippen molar-refractivity contribution in [2.45, 2.75) is 63.3 Å². The van der Waals surface area contributed by atoms with Crippen molar-refractivity contribution in [3.8, 4) is 5.75 Å². The molecule has 1 saturated heterocycles. The number of aromatic nitrogens is 1. The molecule has 1 atom stereocenters. The molecule has 4 aromatic rings. The lowest BCUT2D eigenvalue weighted by Gasteiger charge is -2.30. The Labute approximate surface area is 270 Å². The quantitative estimate of drug-likeness (QED) is 0.200. The molecule has 0 unspecified atom stereocenters. The van der Waals surface area contributed by atoms with Crippen LogP contribution in [-0.2, 0) is 26.6 Å². The Bertz CT molecular complexity index is 1930. The summed E-state index contributed by atoms with van der Waals surface area (Å²) in [6.45, 7) is 9.51. The summed E-state index contributed by atoms with van der Waals surface area (Å²) >= 11 is 6.27. The number of rotatable bonds is 10. The van der Waals surface area contributed by atoms with Gasteiger partial charge < -0.3 is 9.30 Å². The van der Waals surface area contributed by atoms with E-state index in [1.807, 2.05) is 49.6 Å². The van der Waals surface area contributed by atoms with Crippen LogP contribution in [0.15, 0.2) is 70.5 Å². The molecule has 1 fully saturated rings.